The summed E-state index contributed by atoms with van der Waals surface area (Å²) in [6.07, 6.45) is 0. The van der Waals surface area contributed by atoms with E-state index in [9.17, 15) is 0 Å². The quantitative estimate of drug-likeness (QED) is 0.667. The van der Waals surface area contributed by atoms with Crippen molar-refractivity contribution in [3.8, 4) is 0 Å². The van der Waals surface area contributed by atoms with Crippen LogP contribution in [0.25, 0.3) is 10.9 Å². The molecule has 0 aliphatic carbocycles. The average molecular weight is 351 g/mol. The van der Waals surface area contributed by atoms with Gasteiger partial charge < -0.3 is 0 Å². The van der Waals surface area contributed by atoms with Crippen LogP contribution in [-0.4, -0.2) is 9.78 Å². The summed E-state index contributed by atoms with van der Waals surface area (Å²) in [5.74, 6) is 0. The van der Waals surface area contributed by atoms with Crippen molar-refractivity contribution < 1.29 is 0 Å². The molecule has 0 atom stereocenters. The first-order valence-electron chi connectivity index (χ1n) is 3.88. The van der Waals surface area contributed by atoms with E-state index in [1.54, 1.807) is 0 Å². The Bertz CT molecular complexity index is 476. The summed E-state index contributed by atoms with van der Waals surface area (Å²) in [6, 6.07) is 4.15. The Hall–Kier alpha value is -0.100. The molecule has 13 heavy (non-hydrogen) atoms. The largest absolute Gasteiger partial charge is 0.267 e. The third-order valence-electron chi connectivity index (χ3n) is 2.17. The Balaban J connectivity index is 2.98. The molecule has 0 aliphatic heterocycles. The maximum atomic E-state index is 4.37. The van der Waals surface area contributed by atoms with Gasteiger partial charge in [0.25, 0.3) is 0 Å². The highest BCUT2D eigenvalue weighted by Gasteiger charge is 2.09. The van der Waals surface area contributed by atoms with Gasteiger partial charge in [-0.15, -0.1) is 0 Å². The highest BCUT2D eigenvalue weighted by atomic mass is 127. The molecule has 0 spiro atoms. The van der Waals surface area contributed by atoms with Gasteiger partial charge in [0, 0.05) is 16.9 Å². The van der Waals surface area contributed by atoms with Crippen molar-refractivity contribution in [2.24, 2.45) is 7.05 Å². The van der Waals surface area contributed by atoms with Gasteiger partial charge in [-0.05, 0) is 47.2 Å². The topological polar surface area (TPSA) is 17.8 Å². The van der Waals surface area contributed by atoms with Crippen LogP contribution in [0, 0.1) is 10.6 Å². The lowest BCUT2D eigenvalue weighted by Crippen LogP contribution is -1.89. The normalized spacial score (nSPS) is 11.1. The van der Waals surface area contributed by atoms with Crippen LogP contribution in [0.15, 0.2) is 16.6 Å². The van der Waals surface area contributed by atoms with E-state index in [1.165, 1.54) is 16.5 Å². The summed E-state index contributed by atoms with van der Waals surface area (Å²) in [4.78, 5) is 0. The summed E-state index contributed by atoms with van der Waals surface area (Å²) >= 11 is 5.79. The first-order chi connectivity index (χ1) is 6.11. The Morgan fingerprint density at radius 3 is 2.85 bits per heavy atom. The molecule has 1 aromatic heterocycles. The van der Waals surface area contributed by atoms with Gasteiger partial charge in [0.1, 0.15) is 3.70 Å². The second-order valence-corrected chi connectivity index (χ2v) is 4.86. The molecule has 0 unspecified atom stereocenters. The third kappa shape index (κ3) is 1.40. The highest BCUT2D eigenvalue weighted by molar-refractivity contribution is 14.1. The monoisotopic (exact) mass is 350 g/mol. The minimum Gasteiger partial charge on any atom is -0.267 e. The van der Waals surface area contributed by atoms with Crippen molar-refractivity contribution in [2.45, 2.75) is 6.92 Å². The average Bonchev–Trinajstić information content (AvgIpc) is 2.35. The number of fused-ring (bicyclic) bond motifs is 1. The van der Waals surface area contributed by atoms with E-state index >= 15 is 0 Å². The lowest BCUT2D eigenvalue weighted by atomic mass is 10.1. The number of aromatic nitrogens is 2. The summed E-state index contributed by atoms with van der Waals surface area (Å²) in [7, 11) is 1.97. The fourth-order valence-corrected chi connectivity index (χ4v) is 2.77. The number of nitrogens with zero attached hydrogens (tertiary/aromatic N) is 2. The van der Waals surface area contributed by atoms with Crippen molar-refractivity contribution in [2.75, 3.05) is 0 Å². The third-order valence-corrected chi connectivity index (χ3v) is 3.78. The molecule has 2 rings (SSSR count). The van der Waals surface area contributed by atoms with E-state index < -0.39 is 0 Å². The predicted octanol–water partition coefficient (Wildman–Crippen LogP) is 3.25. The molecule has 2 nitrogen and oxygen atoms in total. The maximum Gasteiger partial charge on any atom is 0.131 e. The first-order valence-corrected chi connectivity index (χ1v) is 5.75. The SMILES string of the molecule is Cc1c(Br)ccc2c1c(I)nn2C. The Kier molecular flexibility index (Phi) is 2.35. The molecule has 0 fully saturated rings. The lowest BCUT2D eigenvalue weighted by molar-refractivity contribution is 0.787. The molecule has 0 saturated heterocycles. The summed E-state index contributed by atoms with van der Waals surface area (Å²) in [5.41, 5.74) is 2.44. The van der Waals surface area contributed by atoms with Crippen LogP contribution in [0.3, 0.4) is 0 Å². The van der Waals surface area contributed by atoms with Crippen LogP contribution in [0.4, 0.5) is 0 Å². The molecule has 0 amide bonds. The molecule has 68 valence electrons. The predicted molar refractivity (Wildman–Crippen MR) is 65.9 cm³/mol. The van der Waals surface area contributed by atoms with Crippen molar-refractivity contribution in [1.29, 1.82) is 0 Å². The van der Waals surface area contributed by atoms with Crippen LogP contribution in [-0.2, 0) is 7.05 Å². The zero-order valence-electron chi connectivity index (χ0n) is 7.31. The fraction of sp³-hybridized carbons (Fsp3) is 0.222. The zero-order chi connectivity index (χ0) is 9.59. The molecule has 0 saturated carbocycles. The smallest absolute Gasteiger partial charge is 0.131 e. The van der Waals surface area contributed by atoms with E-state index in [0.717, 1.165) is 8.17 Å². The number of benzene rings is 1. The molecular weight excluding hydrogens is 343 g/mol. The van der Waals surface area contributed by atoms with E-state index in [-0.39, 0.29) is 0 Å². The van der Waals surface area contributed by atoms with Gasteiger partial charge in [-0.2, -0.15) is 5.10 Å². The van der Waals surface area contributed by atoms with Gasteiger partial charge in [0.05, 0.1) is 5.52 Å². The van der Waals surface area contributed by atoms with Crippen molar-refractivity contribution in [3.05, 3.63) is 25.9 Å². The first kappa shape index (κ1) is 9.45. The molecule has 1 heterocycles. The van der Waals surface area contributed by atoms with Crippen LogP contribution in [0.5, 0.6) is 0 Å². The van der Waals surface area contributed by atoms with E-state index in [4.69, 9.17) is 0 Å². The lowest BCUT2D eigenvalue weighted by Gasteiger charge is -1.99. The minimum atomic E-state index is 1.06. The van der Waals surface area contributed by atoms with Gasteiger partial charge in [-0.1, -0.05) is 15.9 Å². The number of rotatable bonds is 0. The Labute approximate surface area is 98.6 Å². The Morgan fingerprint density at radius 1 is 1.46 bits per heavy atom. The minimum absolute atomic E-state index is 1.06. The Morgan fingerprint density at radius 2 is 2.15 bits per heavy atom. The molecule has 2 aromatic rings. The van der Waals surface area contributed by atoms with Crippen molar-refractivity contribution in [3.63, 3.8) is 0 Å². The van der Waals surface area contributed by atoms with Crippen LogP contribution < -0.4 is 0 Å². The summed E-state index contributed by atoms with van der Waals surface area (Å²) in [6.45, 7) is 2.11. The van der Waals surface area contributed by atoms with Crippen molar-refractivity contribution >= 4 is 49.4 Å². The van der Waals surface area contributed by atoms with Crippen LogP contribution in [0.2, 0.25) is 0 Å². The van der Waals surface area contributed by atoms with E-state index in [1.807, 2.05) is 11.7 Å². The standard InChI is InChI=1S/C9H8BrIN2/c1-5-6(10)3-4-7-8(5)9(11)12-13(7)2/h3-4H,1-2H3. The van der Waals surface area contributed by atoms with E-state index in [0.29, 0.717) is 0 Å². The number of hydrogen-bond donors (Lipinski definition) is 0. The number of hydrogen-bond acceptors (Lipinski definition) is 1. The second kappa shape index (κ2) is 3.24. The van der Waals surface area contributed by atoms with Crippen LogP contribution >= 0.6 is 38.5 Å². The number of aryl methyl sites for hydroxylation is 2. The number of halogens is 2. The van der Waals surface area contributed by atoms with Gasteiger partial charge in [-0.25, -0.2) is 0 Å². The van der Waals surface area contributed by atoms with Gasteiger partial charge >= 0.3 is 0 Å². The molecule has 0 aliphatic rings. The second-order valence-electron chi connectivity index (χ2n) is 2.98. The molecule has 0 N–H and O–H groups in total. The maximum absolute atomic E-state index is 4.37. The zero-order valence-corrected chi connectivity index (χ0v) is 11.0. The molecule has 4 heteroatoms. The summed E-state index contributed by atoms with van der Waals surface area (Å²) in [5, 5.41) is 5.62. The highest BCUT2D eigenvalue weighted by Crippen LogP contribution is 2.28. The molecule has 0 radical (unpaired) electrons. The summed E-state index contributed by atoms with van der Waals surface area (Å²) < 4.78 is 4.12. The molecular formula is C9H8BrIN2. The van der Waals surface area contributed by atoms with Crippen molar-refractivity contribution in [1.82, 2.24) is 9.78 Å². The van der Waals surface area contributed by atoms with Gasteiger partial charge in [0.2, 0.25) is 0 Å². The van der Waals surface area contributed by atoms with Crippen LogP contribution in [0.1, 0.15) is 5.56 Å². The molecule has 1 aromatic carbocycles. The van der Waals surface area contributed by atoms with E-state index in [2.05, 4.69) is 62.7 Å². The molecule has 0 bridgehead atoms. The fourth-order valence-electron chi connectivity index (χ4n) is 1.44. The van der Waals surface area contributed by atoms with Gasteiger partial charge in [-0.3, -0.25) is 4.68 Å². The van der Waals surface area contributed by atoms with Gasteiger partial charge in [0.15, 0.2) is 0 Å².